The summed E-state index contributed by atoms with van der Waals surface area (Å²) in [5, 5.41) is 3.46. The zero-order chi connectivity index (χ0) is 20.2. The van der Waals surface area contributed by atoms with Gasteiger partial charge in [0.15, 0.2) is 5.96 Å². The molecule has 1 aromatic rings. The minimum Gasteiger partial charge on any atom is -0.469 e. The van der Waals surface area contributed by atoms with E-state index in [1.54, 1.807) is 25.3 Å². The van der Waals surface area contributed by atoms with Gasteiger partial charge in [-0.3, -0.25) is 9.69 Å². The fourth-order valence-electron chi connectivity index (χ4n) is 5.23. The Morgan fingerprint density at radius 2 is 2.03 bits per heavy atom. The number of fused-ring (bicyclic) bond motifs is 2. The average Bonchev–Trinajstić information content (AvgIpc) is 3.49. The first kappa shape index (κ1) is 23.4. The lowest BCUT2D eigenvalue weighted by molar-refractivity contribution is -0.127. The van der Waals surface area contributed by atoms with Crippen LogP contribution in [0, 0.1) is 11.8 Å². The third kappa shape index (κ3) is 5.69. The number of rotatable bonds is 6. The quantitative estimate of drug-likeness (QED) is 0.348. The maximum Gasteiger partial charge on any atom is 0.243 e. The van der Waals surface area contributed by atoms with Gasteiger partial charge < -0.3 is 19.5 Å². The first-order valence-corrected chi connectivity index (χ1v) is 11.1. The van der Waals surface area contributed by atoms with Crippen molar-refractivity contribution in [2.45, 2.75) is 38.1 Å². The van der Waals surface area contributed by atoms with E-state index in [1.165, 1.54) is 25.7 Å². The van der Waals surface area contributed by atoms with E-state index in [4.69, 9.17) is 4.42 Å². The van der Waals surface area contributed by atoms with E-state index in [-0.39, 0.29) is 36.4 Å². The van der Waals surface area contributed by atoms with Crippen LogP contribution in [0.4, 0.5) is 0 Å². The summed E-state index contributed by atoms with van der Waals surface area (Å²) >= 11 is 0. The topological polar surface area (TPSA) is 64.3 Å². The number of aliphatic imine (C=N–C) groups is 1. The van der Waals surface area contributed by atoms with E-state index in [0.29, 0.717) is 0 Å². The van der Waals surface area contributed by atoms with Gasteiger partial charge in [0.05, 0.1) is 6.26 Å². The van der Waals surface area contributed by atoms with E-state index >= 15 is 0 Å². The zero-order valence-electron chi connectivity index (χ0n) is 18.3. The van der Waals surface area contributed by atoms with Crippen LogP contribution in [0.5, 0.6) is 0 Å². The minimum absolute atomic E-state index is 0. The number of hydrogen-bond donors (Lipinski definition) is 1. The summed E-state index contributed by atoms with van der Waals surface area (Å²) in [5.41, 5.74) is 0. The van der Waals surface area contributed by atoms with E-state index in [1.807, 2.05) is 12.1 Å². The highest BCUT2D eigenvalue weighted by Gasteiger charge is 2.42. The van der Waals surface area contributed by atoms with Crippen LogP contribution in [-0.4, -0.2) is 86.0 Å². The van der Waals surface area contributed by atoms with Crippen molar-refractivity contribution in [2.75, 3.05) is 53.4 Å². The van der Waals surface area contributed by atoms with Gasteiger partial charge >= 0.3 is 0 Å². The molecule has 2 saturated carbocycles. The van der Waals surface area contributed by atoms with E-state index < -0.39 is 0 Å². The SMILES string of the molecule is CN(C)C(=O)CN=C(NCCc1ccco1)N1CCN(C2CC3CCC2C3)CC1.I. The molecule has 4 rings (SSSR count). The van der Waals surface area contributed by atoms with Gasteiger partial charge in [-0.1, -0.05) is 6.42 Å². The van der Waals surface area contributed by atoms with Gasteiger partial charge in [0.2, 0.25) is 5.91 Å². The molecule has 2 bridgehead atoms. The third-order valence-electron chi connectivity index (χ3n) is 6.88. The van der Waals surface area contributed by atoms with Crippen molar-refractivity contribution >= 4 is 35.8 Å². The van der Waals surface area contributed by atoms with E-state index in [9.17, 15) is 4.79 Å². The fraction of sp³-hybridized carbons (Fsp3) is 0.727. The van der Waals surface area contributed by atoms with Crippen LogP contribution in [0.15, 0.2) is 27.8 Å². The molecule has 7 nitrogen and oxygen atoms in total. The molecule has 3 atom stereocenters. The number of halogens is 1. The molecule has 168 valence electrons. The standard InChI is InChI=1S/C22H35N5O2.HI/c1-25(2)21(28)16-24-22(23-8-7-19-4-3-13-29-19)27-11-9-26(10-12-27)20-15-17-5-6-18(20)14-17;/h3-4,13,17-18,20H,5-12,14-16H2,1-2H3,(H,23,24);1H. The van der Waals surface area contributed by atoms with Gasteiger partial charge in [-0.2, -0.15) is 0 Å². The Labute approximate surface area is 197 Å². The first-order chi connectivity index (χ1) is 14.1. The molecule has 8 heteroatoms. The molecule has 0 spiro atoms. The second-order valence-corrected chi connectivity index (χ2v) is 8.95. The lowest BCUT2D eigenvalue weighted by atomic mass is 9.93. The number of carbonyl (C=O) groups excluding carboxylic acids is 1. The highest BCUT2D eigenvalue weighted by molar-refractivity contribution is 14.0. The Hall–Kier alpha value is -1.29. The van der Waals surface area contributed by atoms with Crippen LogP contribution < -0.4 is 5.32 Å². The molecular formula is C22H36IN5O2. The number of furan rings is 1. The summed E-state index contributed by atoms with van der Waals surface area (Å²) < 4.78 is 5.42. The van der Waals surface area contributed by atoms with Gasteiger partial charge in [0.25, 0.3) is 0 Å². The number of hydrogen-bond acceptors (Lipinski definition) is 4. The maximum atomic E-state index is 12.0. The highest BCUT2D eigenvalue weighted by Crippen LogP contribution is 2.46. The number of carbonyl (C=O) groups is 1. The lowest BCUT2D eigenvalue weighted by Crippen LogP contribution is -2.55. The monoisotopic (exact) mass is 529 g/mol. The van der Waals surface area contributed by atoms with Gasteiger partial charge in [0.1, 0.15) is 12.3 Å². The molecule has 3 unspecified atom stereocenters. The number of likely N-dealkylation sites (N-methyl/N-ethyl adjacent to an activating group) is 1. The Balaban J connectivity index is 0.00000256. The normalized spacial score (nSPS) is 26.5. The number of nitrogens with zero attached hydrogens (tertiary/aromatic N) is 4. The number of amides is 1. The van der Waals surface area contributed by atoms with Crippen molar-refractivity contribution < 1.29 is 9.21 Å². The highest BCUT2D eigenvalue weighted by atomic mass is 127. The second-order valence-electron chi connectivity index (χ2n) is 8.95. The van der Waals surface area contributed by atoms with Crippen LogP contribution in [0.2, 0.25) is 0 Å². The molecule has 2 heterocycles. The smallest absolute Gasteiger partial charge is 0.243 e. The number of guanidine groups is 1. The molecule has 30 heavy (non-hydrogen) atoms. The molecule has 1 N–H and O–H groups in total. The van der Waals surface area contributed by atoms with Crippen molar-refractivity contribution in [3.05, 3.63) is 24.2 Å². The summed E-state index contributed by atoms with van der Waals surface area (Å²) in [6.07, 6.45) is 8.26. The Kier molecular flexibility index (Phi) is 8.44. The van der Waals surface area contributed by atoms with Crippen LogP contribution >= 0.6 is 24.0 Å². The van der Waals surface area contributed by atoms with Crippen LogP contribution in [0.3, 0.4) is 0 Å². The molecule has 1 aromatic heterocycles. The Bertz CT molecular complexity index is 700. The third-order valence-corrected chi connectivity index (χ3v) is 6.88. The van der Waals surface area contributed by atoms with Crippen LogP contribution in [-0.2, 0) is 11.2 Å². The predicted molar refractivity (Wildman–Crippen MR) is 129 cm³/mol. The van der Waals surface area contributed by atoms with Gasteiger partial charge in [-0.15, -0.1) is 24.0 Å². The van der Waals surface area contributed by atoms with Gasteiger partial charge in [0, 0.05) is 59.3 Å². The molecular weight excluding hydrogens is 493 g/mol. The lowest BCUT2D eigenvalue weighted by Gasteiger charge is -2.42. The Morgan fingerprint density at radius 1 is 1.23 bits per heavy atom. The summed E-state index contributed by atoms with van der Waals surface area (Å²) in [6.45, 7) is 5.05. The molecule has 2 aliphatic carbocycles. The molecule has 3 aliphatic rings. The minimum atomic E-state index is 0. The molecule has 1 saturated heterocycles. The first-order valence-electron chi connectivity index (χ1n) is 11.1. The van der Waals surface area contributed by atoms with Crippen molar-refractivity contribution in [2.24, 2.45) is 16.8 Å². The van der Waals surface area contributed by atoms with Crippen molar-refractivity contribution in [3.8, 4) is 0 Å². The molecule has 1 amide bonds. The molecule has 0 radical (unpaired) electrons. The summed E-state index contributed by atoms with van der Waals surface area (Å²) in [6, 6.07) is 4.70. The fourth-order valence-corrected chi connectivity index (χ4v) is 5.23. The van der Waals surface area contributed by atoms with Crippen LogP contribution in [0.1, 0.15) is 31.4 Å². The largest absolute Gasteiger partial charge is 0.469 e. The summed E-state index contributed by atoms with van der Waals surface area (Å²) in [5.74, 6) is 3.75. The van der Waals surface area contributed by atoms with E-state index in [0.717, 1.165) is 68.7 Å². The second kappa shape index (κ2) is 10.8. The maximum absolute atomic E-state index is 12.0. The summed E-state index contributed by atoms with van der Waals surface area (Å²) in [7, 11) is 3.55. The zero-order valence-corrected chi connectivity index (χ0v) is 20.6. The average molecular weight is 529 g/mol. The molecule has 0 aromatic carbocycles. The Morgan fingerprint density at radius 3 is 2.63 bits per heavy atom. The predicted octanol–water partition coefficient (Wildman–Crippen LogP) is 2.28. The van der Waals surface area contributed by atoms with Crippen molar-refractivity contribution in [1.29, 1.82) is 0 Å². The number of piperazine rings is 1. The van der Waals surface area contributed by atoms with Crippen LogP contribution in [0.25, 0.3) is 0 Å². The van der Waals surface area contributed by atoms with Gasteiger partial charge in [-0.05, 0) is 43.2 Å². The molecule has 3 fully saturated rings. The van der Waals surface area contributed by atoms with E-state index in [2.05, 4.69) is 20.1 Å². The number of nitrogens with one attached hydrogen (secondary N) is 1. The summed E-state index contributed by atoms with van der Waals surface area (Å²) in [4.78, 5) is 23.3. The molecule has 1 aliphatic heterocycles. The van der Waals surface area contributed by atoms with Crippen molar-refractivity contribution in [1.82, 2.24) is 20.0 Å². The van der Waals surface area contributed by atoms with Gasteiger partial charge in [-0.25, -0.2) is 4.99 Å². The van der Waals surface area contributed by atoms with Crippen molar-refractivity contribution in [3.63, 3.8) is 0 Å².